The number of benzene rings is 1. The molecule has 3 heterocycles. The Bertz CT molecular complexity index is 1550. The highest BCUT2D eigenvalue weighted by molar-refractivity contribution is 7.16. The molecule has 0 spiro atoms. The number of hydroxylamine groups is 1. The molecular formula is C19H11F5N4O4S2. The molecule has 178 valence electrons. The van der Waals surface area contributed by atoms with Crippen LogP contribution >= 0.6 is 22.7 Å². The standard InChI is InChI=1S/C19H11F5N4O4S2/c1-27-16(30)12-7(5-33-15(12)26-17(27)31)4-11(29)28(32)18-25-10(6-34-18)8-2-3-9(20)13(14(8)21)19(22,23)24/h2-3,5-6,28H,4H2,1H3,(H,26,31). The van der Waals surface area contributed by atoms with Gasteiger partial charge in [-0.1, -0.05) is 11.3 Å². The monoisotopic (exact) mass is 518 g/mol. The van der Waals surface area contributed by atoms with Gasteiger partial charge in [-0.05, 0) is 23.1 Å². The van der Waals surface area contributed by atoms with Gasteiger partial charge in [0.25, 0.3) is 10.7 Å². The highest BCUT2D eigenvalue weighted by atomic mass is 32.1. The zero-order chi connectivity index (χ0) is 24.9. The Hall–Kier alpha value is -3.27. The molecule has 1 unspecified atom stereocenters. The van der Waals surface area contributed by atoms with E-state index in [1.807, 2.05) is 0 Å². The highest BCUT2D eigenvalue weighted by Crippen LogP contribution is 2.37. The number of quaternary nitrogens is 1. The van der Waals surface area contributed by atoms with Gasteiger partial charge >= 0.3 is 17.8 Å². The number of alkyl halides is 3. The number of carbonyl (C=O) groups excluding carboxylic acids is 1. The summed E-state index contributed by atoms with van der Waals surface area (Å²) in [5.41, 5.74) is -4.26. The lowest BCUT2D eigenvalue weighted by Gasteiger charge is -2.15. The summed E-state index contributed by atoms with van der Waals surface area (Å²) in [6.45, 7) is 0. The number of hydrogen-bond donors (Lipinski definition) is 2. The van der Waals surface area contributed by atoms with Crippen LogP contribution in [0.1, 0.15) is 11.1 Å². The lowest BCUT2D eigenvalue weighted by molar-refractivity contribution is -0.688. The fourth-order valence-electron chi connectivity index (χ4n) is 3.18. The average Bonchev–Trinajstić information content (AvgIpc) is 3.38. The first-order valence-corrected chi connectivity index (χ1v) is 10.9. The van der Waals surface area contributed by atoms with Crippen LogP contribution in [0.3, 0.4) is 0 Å². The number of hydrogen-bond acceptors (Lipinski definition) is 7. The Morgan fingerprint density at radius 1 is 1.21 bits per heavy atom. The van der Waals surface area contributed by atoms with Gasteiger partial charge in [0.15, 0.2) is 0 Å². The lowest BCUT2D eigenvalue weighted by atomic mass is 10.1. The second-order valence-electron chi connectivity index (χ2n) is 7.01. The van der Waals surface area contributed by atoms with Gasteiger partial charge < -0.3 is 5.21 Å². The number of fused-ring (bicyclic) bond motifs is 1. The molecule has 0 fully saturated rings. The fraction of sp³-hybridized carbons (Fsp3) is 0.158. The second-order valence-corrected chi connectivity index (χ2v) is 8.75. The minimum Gasteiger partial charge on any atom is -0.619 e. The van der Waals surface area contributed by atoms with Crippen LogP contribution in [0.25, 0.3) is 21.5 Å². The fourth-order valence-corrected chi connectivity index (χ4v) is 4.89. The van der Waals surface area contributed by atoms with Gasteiger partial charge in [0.1, 0.15) is 22.0 Å². The Balaban J connectivity index is 1.63. The van der Waals surface area contributed by atoms with Crippen molar-refractivity contribution in [2.45, 2.75) is 12.6 Å². The molecule has 0 aliphatic rings. The molecule has 3 aromatic heterocycles. The molecular weight excluding hydrogens is 507 g/mol. The Morgan fingerprint density at radius 2 is 1.91 bits per heavy atom. The largest absolute Gasteiger partial charge is 0.619 e. The van der Waals surface area contributed by atoms with Crippen molar-refractivity contribution >= 4 is 43.9 Å². The molecule has 0 aliphatic heterocycles. The van der Waals surface area contributed by atoms with E-state index in [0.717, 1.165) is 27.4 Å². The molecule has 0 radical (unpaired) electrons. The van der Waals surface area contributed by atoms with Crippen LogP contribution in [0.2, 0.25) is 0 Å². The van der Waals surface area contributed by atoms with Gasteiger partial charge in [-0.15, -0.1) is 11.3 Å². The third-order valence-electron chi connectivity index (χ3n) is 4.86. The van der Waals surface area contributed by atoms with E-state index in [-0.39, 0.29) is 21.5 Å². The van der Waals surface area contributed by atoms with Gasteiger partial charge in [-0.25, -0.2) is 18.4 Å². The minimum atomic E-state index is -5.29. The highest BCUT2D eigenvalue weighted by Gasteiger charge is 2.39. The van der Waals surface area contributed by atoms with Crippen LogP contribution in [-0.2, 0) is 24.4 Å². The maximum atomic E-state index is 14.4. The molecule has 8 nitrogen and oxygen atoms in total. The summed E-state index contributed by atoms with van der Waals surface area (Å²) in [4.78, 5) is 43.1. The number of aromatic amines is 1. The van der Waals surface area contributed by atoms with Crippen LogP contribution in [0.4, 0.5) is 27.1 Å². The van der Waals surface area contributed by atoms with Crippen LogP contribution in [0, 0.1) is 16.8 Å². The van der Waals surface area contributed by atoms with Crippen molar-refractivity contribution in [3.63, 3.8) is 0 Å². The molecule has 0 saturated carbocycles. The van der Waals surface area contributed by atoms with Crippen molar-refractivity contribution in [2.75, 3.05) is 0 Å². The normalized spacial score (nSPS) is 12.9. The number of aromatic nitrogens is 3. The summed E-state index contributed by atoms with van der Waals surface area (Å²) in [5, 5.41) is 13.6. The quantitative estimate of drug-likeness (QED) is 0.319. The summed E-state index contributed by atoms with van der Waals surface area (Å²) in [7, 11) is 1.24. The summed E-state index contributed by atoms with van der Waals surface area (Å²) in [6.07, 6.45) is -5.79. The smallest absolute Gasteiger partial charge is 0.422 e. The molecule has 0 bridgehead atoms. The molecule has 0 aliphatic carbocycles. The van der Waals surface area contributed by atoms with Gasteiger partial charge in [-0.3, -0.25) is 19.4 Å². The number of amides is 1. The predicted octanol–water partition coefficient (Wildman–Crippen LogP) is 2.49. The Kier molecular flexibility index (Phi) is 5.97. The molecule has 4 aromatic rings. The van der Waals surface area contributed by atoms with Crippen LogP contribution in [-0.4, -0.2) is 20.4 Å². The van der Waals surface area contributed by atoms with E-state index in [0.29, 0.717) is 17.4 Å². The maximum Gasteiger partial charge on any atom is 0.422 e. The van der Waals surface area contributed by atoms with E-state index in [4.69, 9.17) is 0 Å². The van der Waals surface area contributed by atoms with E-state index < -0.39 is 62.7 Å². The summed E-state index contributed by atoms with van der Waals surface area (Å²) in [5.74, 6) is -4.67. The third kappa shape index (κ3) is 4.06. The van der Waals surface area contributed by atoms with E-state index in [2.05, 4.69) is 9.97 Å². The SMILES string of the molecule is Cn1c(=O)[nH]c2scc(CC(=O)[NH+]([O-])c3nc(-c4ccc(F)c(C(F)(F)F)c4F)cs3)c2c1=O. The van der Waals surface area contributed by atoms with Crippen molar-refractivity contribution in [2.24, 2.45) is 7.05 Å². The number of nitrogens with one attached hydrogen (secondary N) is 2. The number of thiazole rings is 1. The molecule has 1 amide bonds. The number of H-pyrrole nitrogens is 1. The number of nitrogens with zero attached hydrogens (tertiary/aromatic N) is 2. The molecule has 15 heteroatoms. The first-order chi connectivity index (χ1) is 15.9. The van der Waals surface area contributed by atoms with Gasteiger partial charge in [0.05, 0.1) is 17.5 Å². The van der Waals surface area contributed by atoms with Gasteiger partial charge in [0.2, 0.25) is 0 Å². The number of thiophene rings is 1. The van der Waals surface area contributed by atoms with Gasteiger partial charge in [-0.2, -0.15) is 18.2 Å². The predicted molar refractivity (Wildman–Crippen MR) is 113 cm³/mol. The number of carbonyl (C=O) groups is 1. The third-order valence-corrected chi connectivity index (χ3v) is 6.65. The Morgan fingerprint density at radius 3 is 2.59 bits per heavy atom. The molecule has 1 aromatic carbocycles. The van der Waals surface area contributed by atoms with Gasteiger partial charge in [0, 0.05) is 18.0 Å². The first kappa shape index (κ1) is 23.9. The first-order valence-electron chi connectivity index (χ1n) is 9.18. The van der Waals surface area contributed by atoms with E-state index in [9.17, 15) is 41.5 Å². The summed E-state index contributed by atoms with van der Waals surface area (Å²) < 4.78 is 67.6. The zero-order valence-electron chi connectivity index (χ0n) is 16.8. The van der Waals surface area contributed by atoms with Crippen molar-refractivity contribution in [1.29, 1.82) is 0 Å². The number of rotatable bonds is 4. The van der Waals surface area contributed by atoms with Crippen molar-refractivity contribution in [3.05, 3.63) is 71.7 Å². The number of halogens is 5. The second kappa shape index (κ2) is 8.50. The zero-order valence-corrected chi connectivity index (χ0v) is 18.4. The molecule has 2 N–H and O–H groups in total. The lowest BCUT2D eigenvalue weighted by Crippen LogP contribution is -3.05. The summed E-state index contributed by atoms with van der Waals surface area (Å²) >= 11 is 1.60. The van der Waals surface area contributed by atoms with Crippen molar-refractivity contribution in [1.82, 2.24) is 14.5 Å². The van der Waals surface area contributed by atoms with Crippen LogP contribution in [0.5, 0.6) is 0 Å². The minimum absolute atomic E-state index is 0.0705. The molecule has 4 rings (SSSR count). The van der Waals surface area contributed by atoms with Crippen LogP contribution < -0.4 is 16.3 Å². The van der Waals surface area contributed by atoms with Crippen molar-refractivity contribution in [3.8, 4) is 11.3 Å². The molecule has 0 saturated heterocycles. The van der Waals surface area contributed by atoms with Crippen molar-refractivity contribution < 1.29 is 31.8 Å². The summed E-state index contributed by atoms with van der Waals surface area (Å²) in [6, 6.07) is 1.18. The molecule has 1 atom stereocenters. The Labute approximate surface area is 193 Å². The maximum absolute atomic E-state index is 14.4. The van der Waals surface area contributed by atoms with E-state index >= 15 is 0 Å². The average molecular weight is 518 g/mol. The van der Waals surface area contributed by atoms with Crippen LogP contribution in [0.15, 0.2) is 32.5 Å². The molecule has 34 heavy (non-hydrogen) atoms. The topological polar surface area (TPSA) is 112 Å². The van der Waals surface area contributed by atoms with E-state index in [1.54, 1.807) is 0 Å². The van der Waals surface area contributed by atoms with E-state index in [1.165, 1.54) is 12.4 Å².